The Labute approximate surface area is 123 Å². The second-order valence-electron chi connectivity index (χ2n) is 4.59. The second kappa shape index (κ2) is 6.71. The summed E-state index contributed by atoms with van der Waals surface area (Å²) in [5.41, 5.74) is 5.13. The van der Waals surface area contributed by atoms with Gasteiger partial charge in [-0.2, -0.15) is 4.31 Å². The summed E-state index contributed by atoms with van der Waals surface area (Å²) in [6.45, 7) is 3.42. The molecule has 0 unspecified atom stereocenters. The second-order valence-corrected chi connectivity index (χ2v) is 6.86. The highest BCUT2D eigenvalue weighted by atomic mass is 35.5. The molecule has 0 atom stereocenters. The van der Waals surface area contributed by atoms with E-state index in [0.717, 1.165) is 12.1 Å². The number of rotatable bonds is 6. The number of benzene rings is 1. The molecular weight excluding hydrogens is 307 g/mol. The van der Waals surface area contributed by atoms with Crippen LogP contribution in [0.2, 0.25) is 5.02 Å². The van der Waals surface area contributed by atoms with Crippen molar-refractivity contribution in [1.29, 1.82) is 0 Å². The summed E-state index contributed by atoms with van der Waals surface area (Å²) in [6, 6.07) is 1.57. The summed E-state index contributed by atoms with van der Waals surface area (Å²) < 4.78 is 39.5. The monoisotopic (exact) mass is 324 g/mol. The Kier molecular flexibility index (Phi) is 5.76. The normalized spacial score (nSPS) is 12.3. The van der Waals surface area contributed by atoms with Gasteiger partial charge in [0, 0.05) is 19.2 Å². The van der Waals surface area contributed by atoms with Gasteiger partial charge in [-0.15, -0.1) is 0 Å². The molecule has 0 bridgehead atoms. The van der Waals surface area contributed by atoms with Crippen molar-refractivity contribution in [2.75, 3.05) is 18.9 Å². The summed E-state index contributed by atoms with van der Waals surface area (Å²) >= 11 is 5.82. The lowest BCUT2D eigenvalue weighted by Crippen LogP contribution is -2.38. The van der Waals surface area contributed by atoms with Crippen molar-refractivity contribution in [3.8, 4) is 0 Å². The predicted molar refractivity (Wildman–Crippen MR) is 76.6 cm³/mol. The predicted octanol–water partition coefficient (Wildman–Crippen LogP) is 1.84. The van der Waals surface area contributed by atoms with E-state index in [0.29, 0.717) is 6.42 Å². The van der Waals surface area contributed by atoms with Gasteiger partial charge >= 0.3 is 0 Å². The SMILES string of the molecule is CC(C)N(CCCO)S(=O)(=O)c1cc(N)c(F)cc1Cl. The van der Waals surface area contributed by atoms with Gasteiger partial charge in [0.2, 0.25) is 10.0 Å². The van der Waals surface area contributed by atoms with Crippen molar-refractivity contribution in [3.05, 3.63) is 23.0 Å². The smallest absolute Gasteiger partial charge is 0.244 e. The Bertz CT molecular complexity index is 578. The van der Waals surface area contributed by atoms with Gasteiger partial charge in [0.25, 0.3) is 0 Å². The maximum Gasteiger partial charge on any atom is 0.244 e. The average molecular weight is 325 g/mol. The molecule has 0 radical (unpaired) electrons. The summed E-state index contributed by atoms with van der Waals surface area (Å²) in [4.78, 5) is -0.232. The minimum atomic E-state index is -3.90. The van der Waals surface area contributed by atoms with Crippen molar-refractivity contribution < 1.29 is 17.9 Å². The van der Waals surface area contributed by atoms with Crippen molar-refractivity contribution in [2.24, 2.45) is 0 Å². The fraction of sp³-hybridized carbons (Fsp3) is 0.500. The first-order valence-corrected chi connectivity index (χ1v) is 7.90. The van der Waals surface area contributed by atoms with Crippen LogP contribution in [-0.4, -0.2) is 37.0 Å². The largest absolute Gasteiger partial charge is 0.396 e. The number of halogens is 2. The molecule has 0 heterocycles. The molecule has 0 aliphatic carbocycles. The van der Waals surface area contributed by atoms with Gasteiger partial charge in [0.05, 0.1) is 10.7 Å². The van der Waals surface area contributed by atoms with Gasteiger partial charge in [-0.1, -0.05) is 11.6 Å². The maximum absolute atomic E-state index is 13.3. The first-order chi connectivity index (χ1) is 9.21. The summed E-state index contributed by atoms with van der Waals surface area (Å²) in [5.74, 6) is -0.764. The number of sulfonamides is 1. The summed E-state index contributed by atoms with van der Waals surface area (Å²) in [6.07, 6.45) is 0.297. The topological polar surface area (TPSA) is 83.6 Å². The molecule has 0 amide bonds. The van der Waals surface area contributed by atoms with Crippen LogP contribution in [-0.2, 0) is 10.0 Å². The first-order valence-electron chi connectivity index (χ1n) is 6.09. The Balaban J connectivity index is 3.29. The molecule has 0 aliphatic heterocycles. The molecule has 0 spiro atoms. The van der Waals surface area contributed by atoms with E-state index in [9.17, 15) is 12.8 Å². The van der Waals surface area contributed by atoms with Gasteiger partial charge in [0.15, 0.2) is 0 Å². The Hall–Kier alpha value is -0.890. The number of nitrogen functional groups attached to an aromatic ring is 1. The minimum absolute atomic E-state index is 0.127. The van der Waals surface area contributed by atoms with Crippen LogP contribution in [0.1, 0.15) is 20.3 Å². The van der Waals surface area contributed by atoms with Gasteiger partial charge < -0.3 is 10.8 Å². The molecule has 3 N–H and O–H groups in total. The number of nitrogens with zero attached hydrogens (tertiary/aromatic N) is 1. The molecule has 0 aliphatic rings. The quantitative estimate of drug-likeness (QED) is 0.782. The molecule has 8 heteroatoms. The minimum Gasteiger partial charge on any atom is -0.396 e. The average Bonchev–Trinajstić information content (AvgIpc) is 2.33. The van der Waals surface area contributed by atoms with Crippen molar-refractivity contribution in [3.63, 3.8) is 0 Å². The van der Waals surface area contributed by atoms with Crippen molar-refractivity contribution >= 4 is 27.3 Å². The van der Waals surface area contributed by atoms with E-state index in [-0.39, 0.29) is 34.8 Å². The Morgan fingerprint density at radius 1 is 1.45 bits per heavy atom. The van der Waals surface area contributed by atoms with Crippen LogP contribution < -0.4 is 5.73 Å². The number of anilines is 1. The third-order valence-electron chi connectivity index (χ3n) is 2.75. The van der Waals surface area contributed by atoms with Crippen LogP contribution in [0.3, 0.4) is 0 Å². The van der Waals surface area contributed by atoms with E-state index in [2.05, 4.69) is 0 Å². The lowest BCUT2D eigenvalue weighted by atomic mass is 10.3. The van der Waals surface area contributed by atoms with Crippen LogP contribution in [0.5, 0.6) is 0 Å². The highest BCUT2D eigenvalue weighted by Gasteiger charge is 2.29. The van der Waals surface area contributed by atoms with Crippen molar-refractivity contribution in [2.45, 2.75) is 31.2 Å². The molecule has 0 fully saturated rings. The first kappa shape index (κ1) is 17.2. The lowest BCUT2D eigenvalue weighted by Gasteiger charge is -2.26. The highest BCUT2D eigenvalue weighted by molar-refractivity contribution is 7.89. The third-order valence-corrected chi connectivity index (χ3v) is 5.29. The number of hydrogen-bond acceptors (Lipinski definition) is 4. The van der Waals surface area contributed by atoms with Crippen LogP contribution in [0.4, 0.5) is 10.1 Å². The summed E-state index contributed by atoms with van der Waals surface area (Å²) in [5, 5.41) is 8.63. The fourth-order valence-electron chi connectivity index (χ4n) is 1.75. The molecule has 20 heavy (non-hydrogen) atoms. The Morgan fingerprint density at radius 3 is 2.55 bits per heavy atom. The number of aliphatic hydroxyl groups is 1. The number of nitrogens with two attached hydrogens (primary N) is 1. The zero-order chi connectivity index (χ0) is 15.5. The summed E-state index contributed by atoms with van der Waals surface area (Å²) in [7, 11) is -3.90. The van der Waals surface area contributed by atoms with E-state index in [1.54, 1.807) is 13.8 Å². The zero-order valence-electron chi connectivity index (χ0n) is 11.3. The fourth-order valence-corrected chi connectivity index (χ4v) is 3.95. The molecule has 5 nitrogen and oxygen atoms in total. The van der Waals surface area contributed by atoms with Gasteiger partial charge in [-0.25, -0.2) is 12.8 Å². The van der Waals surface area contributed by atoms with Gasteiger partial charge in [-0.3, -0.25) is 0 Å². The molecule has 0 saturated heterocycles. The van der Waals surface area contributed by atoms with E-state index >= 15 is 0 Å². The van der Waals surface area contributed by atoms with Crippen LogP contribution in [0, 0.1) is 5.82 Å². The molecule has 1 aromatic carbocycles. The molecule has 1 rings (SSSR count). The molecule has 0 aromatic heterocycles. The van der Waals surface area contributed by atoms with Gasteiger partial charge in [0.1, 0.15) is 10.7 Å². The van der Waals surface area contributed by atoms with Crippen molar-refractivity contribution in [1.82, 2.24) is 4.31 Å². The maximum atomic E-state index is 13.3. The third kappa shape index (κ3) is 3.60. The van der Waals surface area contributed by atoms with E-state index in [1.807, 2.05) is 0 Å². The Morgan fingerprint density at radius 2 is 2.05 bits per heavy atom. The molecular formula is C12H18ClFN2O3S. The van der Waals surface area contributed by atoms with E-state index < -0.39 is 15.8 Å². The lowest BCUT2D eigenvalue weighted by molar-refractivity contribution is 0.258. The highest BCUT2D eigenvalue weighted by Crippen LogP contribution is 2.29. The van der Waals surface area contributed by atoms with Crippen LogP contribution >= 0.6 is 11.6 Å². The molecule has 114 valence electrons. The zero-order valence-corrected chi connectivity index (χ0v) is 12.9. The van der Waals surface area contributed by atoms with Crippen LogP contribution in [0.15, 0.2) is 17.0 Å². The van der Waals surface area contributed by atoms with Gasteiger partial charge in [-0.05, 0) is 32.4 Å². The number of hydrogen-bond donors (Lipinski definition) is 2. The standard InChI is InChI=1S/C12H18ClFN2O3S/c1-8(2)16(4-3-5-17)20(18,19)12-7-11(15)10(14)6-9(12)13/h6-8,17H,3-5,15H2,1-2H3. The van der Waals surface area contributed by atoms with E-state index in [4.69, 9.17) is 22.4 Å². The molecule has 1 aromatic rings. The van der Waals surface area contributed by atoms with E-state index in [1.165, 1.54) is 4.31 Å². The molecule has 0 saturated carbocycles. The number of aliphatic hydroxyl groups excluding tert-OH is 1. The van der Waals surface area contributed by atoms with Crippen LogP contribution in [0.25, 0.3) is 0 Å².